The molecule has 3 rings (SSSR count). The van der Waals surface area contributed by atoms with Gasteiger partial charge in [0.05, 0.1) is 5.69 Å². The summed E-state index contributed by atoms with van der Waals surface area (Å²) in [7, 11) is 0. The van der Waals surface area contributed by atoms with Gasteiger partial charge in [0.1, 0.15) is 5.75 Å². The highest BCUT2D eigenvalue weighted by Crippen LogP contribution is 2.25. The van der Waals surface area contributed by atoms with Crippen LogP contribution in [0.4, 0.5) is 5.69 Å². The van der Waals surface area contributed by atoms with Crippen LogP contribution in [0.3, 0.4) is 0 Å². The molecule has 0 aliphatic rings. The second kappa shape index (κ2) is 7.57. The average molecular weight is 343 g/mol. The zero-order valence-corrected chi connectivity index (χ0v) is 15.9. The smallest absolute Gasteiger partial charge is 0.227 e. The molecule has 0 heterocycles. The normalized spacial score (nSPS) is 12.1. The van der Waals surface area contributed by atoms with Crippen molar-refractivity contribution in [2.45, 2.75) is 33.1 Å². The van der Waals surface area contributed by atoms with Crippen LogP contribution >= 0.6 is 0 Å². The second-order valence-electron chi connectivity index (χ2n) is 7.49. The maximum Gasteiger partial charge on any atom is 0.227 e. The van der Waals surface area contributed by atoms with Gasteiger partial charge in [0.2, 0.25) is 5.90 Å². The third kappa shape index (κ3) is 4.60. The molecule has 0 aromatic heterocycles. The van der Waals surface area contributed by atoms with Gasteiger partial charge in [0, 0.05) is 5.56 Å². The summed E-state index contributed by atoms with van der Waals surface area (Å²) in [6.07, 6.45) is 0. The van der Waals surface area contributed by atoms with Crippen LogP contribution in [0.1, 0.15) is 37.5 Å². The van der Waals surface area contributed by atoms with E-state index in [2.05, 4.69) is 52.0 Å². The third-order valence-electron chi connectivity index (χ3n) is 4.22. The van der Waals surface area contributed by atoms with Crippen molar-refractivity contribution in [1.29, 1.82) is 0 Å². The molecule has 0 bridgehead atoms. The van der Waals surface area contributed by atoms with E-state index in [4.69, 9.17) is 9.73 Å². The molecule has 3 aromatic rings. The molecule has 0 N–H and O–H groups in total. The van der Waals surface area contributed by atoms with Crippen molar-refractivity contribution in [3.8, 4) is 5.75 Å². The van der Waals surface area contributed by atoms with Crippen molar-refractivity contribution in [2.24, 2.45) is 4.99 Å². The number of rotatable bonds is 3. The van der Waals surface area contributed by atoms with Gasteiger partial charge < -0.3 is 4.74 Å². The Kier molecular flexibility index (Phi) is 5.22. The van der Waals surface area contributed by atoms with E-state index in [1.807, 2.05) is 54.6 Å². The van der Waals surface area contributed by atoms with Gasteiger partial charge >= 0.3 is 0 Å². The second-order valence-corrected chi connectivity index (χ2v) is 7.49. The van der Waals surface area contributed by atoms with Crippen molar-refractivity contribution in [3.63, 3.8) is 0 Å². The lowest BCUT2D eigenvalue weighted by molar-refractivity contribution is 0.548. The Morgan fingerprint density at radius 3 is 1.96 bits per heavy atom. The first-order valence-electron chi connectivity index (χ1n) is 8.91. The van der Waals surface area contributed by atoms with Crippen molar-refractivity contribution in [1.82, 2.24) is 0 Å². The van der Waals surface area contributed by atoms with Crippen molar-refractivity contribution in [3.05, 3.63) is 95.6 Å². The first-order valence-corrected chi connectivity index (χ1v) is 8.91. The molecule has 0 saturated heterocycles. The van der Waals surface area contributed by atoms with E-state index in [0.29, 0.717) is 5.90 Å². The number of nitrogens with zero attached hydrogens (tertiary/aromatic N) is 1. The van der Waals surface area contributed by atoms with E-state index in [1.54, 1.807) is 0 Å². The highest BCUT2D eigenvalue weighted by molar-refractivity contribution is 5.97. The molecule has 0 unspecified atom stereocenters. The monoisotopic (exact) mass is 343 g/mol. The van der Waals surface area contributed by atoms with Gasteiger partial charge in [-0.25, -0.2) is 4.99 Å². The molecule has 26 heavy (non-hydrogen) atoms. The molecule has 2 heteroatoms. The zero-order chi connectivity index (χ0) is 18.6. The van der Waals surface area contributed by atoms with Crippen molar-refractivity contribution < 1.29 is 4.74 Å². The SMILES string of the molecule is Cc1ccc(N=C(Oc2ccc(C(C)(C)C)cc2)c2ccccc2)cc1. The van der Waals surface area contributed by atoms with Crippen LogP contribution in [0.25, 0.3) is 0 Å². The molecule has 0 aliphatic carbocycles. The summed E-state index contributed by atoms with van der Waals surface area (Å²) in [5, 5.41) is 0. The van der Waals surface area contributed by atoms with E-state index in [-0.39, 0.29) is 5.41 Å². The number of aliphatic imine (C=N–C) groups is 1. The summed E-state index contributed by atoms with van der Waals surface area (Å²) in [4.78, 5) is 4.73. The molecule has 0 atom stereocenters. The van der Waals surface area contributed by atoms with E-state index in [1.165, 1.54) is 11.1 Å². The fraction of sp³-hybridized carbons (Fsp3) is 0.208. The van der Waals surface area contributed by atoms with Crippen LogP contribution in [0.2, 0.25) is 0 Å². The lowest BCUT2D eigenvalue weighted by atomic mass is 9.87. The van der Waals surface area contributed by atoms with Crippen molar-refractivity contribution in [2.75, 3.05) is 0 Å². The summed E-state index contributed by atoms with van der Waals surface area (Å²) >= 11 is 0. The summed E-state index contributed by atoms with van der Waals surface area (Å²) in [6, 6.07) is 26.4. The summed E-state index contributed by atoms with van der Waals surface area (Å²) in [5.41, 5.74) is 4.44. The topological polar surface area (TPSA) is 21.6 Å². The molecular formula is C24H25NO. The highest BCUT2D eigenvalue weighted by Gasteiger charge is 2.14. The van der Waals surface area contributed by atoms with Gasteiger partial charge in [0.25, 0.3) is 0 Å². The Bertz CT molecular complexity index is 870. The Morgan fingerprint density at radius 2 is 1.38 bits per heavy atom. The van der Waals surface area contributed by atoms with Gasteiger partial charge in [-0.2, -0.15) is 0 Å². The average Bonchev–Trinajstić information content (AvgIpc) is 2.63. The molecule has 0 amide bonds. The molecule has 0 aliphatic heterocycles. The quantitative estimate of drug-likeness (QED) is 0.395. The summed E-state index contributed by atoms with van der Waals surface area (Å²) in [6.45, 7) is 8.68. The Labute approximate surface area is 156 Å². The minimum absolute atomic E-state index is 0.122. The minimum Gasteiger partial charge on any atom is -0.438 e. The Hall–Kier alpha value is -2.87. The minimum atomic E-state index is 0.122. The number of benzene rings is 3. The van der Waals surface area contributed by atoms with Crippen LogP contribution in [-0.2, 0) is 5.41 Å². The van der Waals surface area contributed by atoms with Crippen molar-refractivity contribution >= 4 is 11.6 Å². The maximum atomic E-state index is 6.15. The fourth-order valence-electron chi connectivity index (χ4n) is 2.60. The fourth-order valence-corrected chi connectivity index (χ4v) is 2.60. The lowest BCUT2D eigenvalue weighted by Gasteiger charge is -2.19. The van der Waals surface area contributed by atoms with Gasteiger partial charge in [-0.3, -0.25) is 0 Å². The van der Waals surface area contributed by atoms with E-state index >= 15 is 0 Å². The largest absolute Gasteiger partial charge is 0.438 e. The predicted molar refractivity (Wildman–Crippen MR) is 110 cm³/mol. The van der Waals surface area contributed by atoms with Gasteiger partial charge in [-0.05, 0) is 54.3 Å². The maximum absolute atomic E-state index is 6.15. The van der Waals surface area contributed by atoms with Gasteiger partial charge in [0.15, 0.2) is 0 Å². The Balaban J connectivity index is 1.93. The number of aryl methyl sites for hydroxylation is 1. The Morgan fingerprint density at radius 1 is 0.769 bits per heavy atom. The van der Waals surface area contributed by atoms with Crippen LogP contribution in [-0.4, -0.2) is 5.90 Å². The first kappa shape index (κ1) is 17.9. The molecule has 2 nitrogen and oxygen atoms in total. The zero-order valence-electron chi connectivity index (χ0n) is 15.9. The molecular weight excluding hydrogens is 318 g/mol. The molecule has 0 spiro atoms. The molecule has 0 saturated carbocycles. The number of hydrogen-bond acceptors (Lipinski definition) is 2. The van der Waals surface area contributed by atoms with E-state index in [0.717, 1.165) is 17.0 Å². The van der Waals surface area contributed by atoms with E-state index in [9.17, 15) is 0 Å². The summed E-state index contributed by atoms with van der Waals surface area (Å²) in [5.74, 6) is 1.38. The summed E-state index contributed by atoms with van der Waals surface area (Å²) < 4.78 is 6.15. The van der Waals surface area contributed by atoms with Gasteiger partial charge in [-0.15, -0.1) is 0 Å². The number of hydrogen-bond donors (Lipinski definition) is 0. The van der Waals surface area contributed by atoms with Gasteiger partial charge in [-0.1, -0.05) is 68.8 Å². The predicted octanol–water partition coefficient (Wildman–Crippen LogP) is 6.45. The highest BCUT2D eigenvalue weighted by atomic mass is 16.5. The molecule has 3 aromatic carbocycles. The molecule has 0 radical (unpaired) electrons. The van der Waals surface area contributed by atoms with Crippen LogP contribution in [0, 0.1) is 6.92 Å². The molecule has 132 valence electrons. The number of ether oxygens (including phenoxy) is 1. The third-order valence-corrected chi connectivity index (χ3v) is 4.22. The van der Waals surface area contributed by atoms with E-state index < -0.39 is 0 Å². The first-order chi connectivity index (χ1) is 12.4. The van der Waals surface area contributed by atoms with Crippen LogP contribution in [0.15, 0.2) is 83.9 Å². The van der Waals surface area contributed by atoms with Crippen LogP contribution in [0.5, 0.6) is 5.75 Å². The molecule has 0 fully saturated rings. The van der Waals surface area contributed by atoms with Crippen LogP contribution < -0.4 is 4.74 Å². The lowest BCUT2D eigenvalue weighted by Crippen LogP contribution is -2.12. The standard InChI is InChI=1S/C24H25NO/c1-18-10-14-21(15-11-18)25-23(19-8-6-5-7-9-19)26-22-16-12-20(13-17-22)24(2,3)4/h5-17H,1-4H3.